The van der Waals surface area contributed by atoms with Crippen LogP contribution in [0.5, 0.6) is 0 Å². The third-order valence-electron chi connectivity index (χ3n) is 2.17. The average Bonchev–Trinajstić information content (AvgIpc) is 2.44. The molecule has 0 saturated carbocycles. The predicted molar refractivity (Wildman–Crippen MR) is 63.1 cm³/mol. The molecule has 0 aliphatic carbocycles. The topological polar surface area (TPSA) is 47.1 Å². The van der Waals surface area contributed by atoms with Crippen molar-refractivity contribution >= 4 is 11.6 Å². The fourth-order valence-electron chi connectivity index (χ4n) is 1.38. The summed E-state index contributed by atoms with van der Waals surface area (Å²) in [7, 11) is 4.08. The Balaban J connectivity index is 2.70. The van der Waals surface area contributed by atoms with Crippen molar-refractivity contribution in [2.24, 2.45) is 5.73 Å². The van der Waals surface area contributed by atoms with E-state index in [1.54, 1.807) is 6.20 Å². The lowest BCUT2D eigenvalue weighted by Crippen LogP contribution is -2.24. The Bertz CT molecular complexity index is 306. The third kappa shape index (κ3) is 3.81. The first kappa shape index (κ1) is 12.5. The van der Waals surface area contributed by atoms with Crippen molar-refractivity contribution in [3.8, 4) is 0 Å². The zero-order chi connectivity index (χ0) is 11.4. The summed E-state index contributed by atoms with van der Waals surface area (Å²) in [6.07, 6.45) is 2.46. The Labute approximate surface area is 96.0 Å². The second-order valence-electron chi connectivity index (χ2n) is 4.15. The first-order valence-electron chi connectivity index (χ1n) is 5.11. The summed E-state index contributed by atoms with van der Waals surface area (Å²) in [6, 6.07) is 0.109. The molecule has 5 heteroatoms. The molecular weight excluding hydrogens is 212 g/mol. The van der Waals surface area contributed by atoms with Gasteiger partial charge in [-0.2, -0.15) is 5.10 Å². The number of halogens is 1. The molecule has 1 unspecified atom stereocenters. The minimum absolute atomic E-state index is 0.109. The van der Waals surface area contributed by atoms with Gasteiger partial charge in [-0.05, 0) is 21.0 Å². The summed E-state index contributed by atoms with van der Waals surface area (Å²) < 4.78 is 1.94. The third-order valence-corrected chi connectivity index (χ3v) is 2.49. The molecule has 0 aromatic carbocycles. The lowest BCUT2D eigenvalue weighted by molar-refractivity contribution is 0.368. The van der Waals surface area contributed by atoms with E-state index in [2.05, 4.69) is 10.00 Å². The molecule has 1 rings (SSSR count). The number of nitrogens with zero attached hydrogens (tertiary/aromatic N) is 3. The van der Waals surface area contributed by atoms with E-state index in [0.29, 0.717) is 5.02 Å². The lowest BCUT2D eigenvalue weighted by Gasteiger charge is -2.13. The van der Waals surface area contributed by atoms with Crippen molar-refractivity contribution in [1.29, 1.82) is 0 Å². The Morgan fingerprint density at radius 2 is 2.27 bits per heavy atom. The van der Waals surface area contributed by atoms with Crippen LogP contribution in [0.15, 0.2) is 6.20 Å². The van der Waals surface area contributed by atoms with Gasteiger partial charge < -0.3 is 10.6 Å². The maximum atomic E-state index is 6.05. The molecule has 0 aliphatic heterocycles. The summed E-state index contributed by atoms with van der Waals surface area (Å²) in [6.45, 7) is 3.77. The molecule has 0 spiro atoms. The second-order valence-corrected chi connectivity index (χ2v) is 4.55. The summed E-state index contributed by atoms with van der Waals surface area (Å²) in [4.78, 5) is 2.12. The van der Waals surface area contributed by atoms with Gasteiger partial charge in [-0.15, -0.1) is 0 Å². The van der Waals surface area contributed by atoms with Crippen LogP contribution in [0, 0.1) is 0 Å². The van der Waals surface area contributed by atoms with E-state index < -0.39 is 0 Å². The smallest absolute Gasteiger partial charge is 0.0818 e. The van der Waals surface area contributed by atoms with E-state index >= 15 is 0 Å². The van der Waals surface area contributed by atoms with Crippen LogP contribution in [0.25, 0.3) is 0 Å². The van der Waals surface area contributed by atoms with E-state index in [-0.39, 0.29) is 6.04 Å². The normalized spacial score (nSPS) is 13.5. The Hall–Kier alpha value is -0.580. The molecule has 0 bridgehead atoms. The number of aromatic nitrogens is 2. The molecule has 0 radical (unpaired) electrons. The number of rotatable bonds is 5. The number of hydrogen-bond donors (Lipinski definition) is 1. The fraction of sp³-hybridized carbons (Fsp3) is 0.700. The van der Waals surface area contributed by atoms with E-state index in [4.69, 9.17) is 17.3 Å². The molecule has 4 nitrogen and oxygen atoms in total. The molecule has 0 saturated heterocycles. The van der Waals surface area contributed by atoms with Gasteiger partial charge in [0.2, 0.25) is 0 Å². The Morgan fingerprint density at radius 3 is 2.80 bits per heavy atom. The van der Waals surface area contributed by atoms with Crippen molar-refractivity contribution in [2.45, 2.75) is 25.9 Å². The van der Waals surface area contributed by atoms with E-state index in [9.17, 15) is 0 Å². The van der Waals surface area contributed by atoms with Crippen molar-refractivity contribution in [3.63, 3.8) is 0 Å². The van der Waals surface area contributed by atoms with Crippen LogP contribution in [-0.2, 0) is 13.0 Å². The summed E-state index contributed by atoms with van der Waals surface area (Å²) >= 11 is 6.05. The van der Waals surface area contributed by atoms with Crippen LogP contribution in [0.2, 0.25) is 5.02 Å². The highest BCUT2D eigenvalue weighted by atomic mass is 35.5. The Kier molecular flexibility index (Phi) is 4.57. The van der Waals surface area contributed by atoms with Crippen LogP contribution in [-0.4, -0.2) is 41.4 Å². The van der Waals surface area contributed by atoms with Crippen LogP contribution in [0.4, 0.5) is 0 Å². The summed E-state index contributed by atoms with van der Waals surface area (Å²) in [5.41, 5.74) is 6.80. The van der Waals surface area contributed by atoms with Gasteiger partial charge in [-0.25, -0.2) is 0 Å². The largest absolute Gasteiger partial charge is 0.328 e. The summed E-state index contributed by atoms with van der Waals surface area (Å²) in [5.74, 6) is 0. The molecular formula is C10H19ClN4. The molecule has 15 heavy (non-hydrogen) atoms. The van der Waals surface area contributed by atoms with Gasteiger partial charge in [-0.1, -0.05) is 11.6 Å². The molecule has 0 fully saturated rings. The maximum absolute atomic E-state index is 6.05. The van der Waals surface area contributed by atoms with Gasteiger partial charge in [0.1, 0.15) is 0 Å². The monoisotopic (exact) mass is 230 g/mol. The van der Waals surface area contributed by atoms with Crippen molar-refractivity contribution in [1.82, 2.24) is 14.7 Å². The quantitative estimate of drug-likeness (QED) is 0.821. The van der Waals surface area contributed by atoms with Gasteiger partial charge in [0.15, 0.2) is 0 Å². The molecule has 1 aromatic heterocycles. The summed E-state index contributed by atoms with van der Waals surface area (Å²) in [5, 5.41) is 4.96. The van der Waals surface area contributed by atoms with Crippen LogP contribution in [0.1, 0.15) is 12.6 Å². The molecule has 0 amide bonds. The minimum atomic E-state index is 0.109. The predicted octanol–water partition coefficient (Wildman–Crippen LogP) is 0.988. The number of likely N-dealkylation sites (N-methyl/N-ethyl adjacent to an activating group) is 1. The highest BCUT2D eigenvalue weighted by Crippen LogP contribution is 2.16. The van der Waals surface area contributed by atoms with Gasteiger partial charge in [0.05, 0.1) is 23.5 Å². The van der Waals surface area contributed by atoms with Gasteiger partial charge in [0, 0.05) is 19.0 Å². The first-order chi connectivity index (χ1) is 7.00. The molecule has 1 aromatic rings. The van der Waals surface area contributed by atoms with E-state index in [1.807, 2.05) is 25.7 Å². The molecule has 0 aliphatic rings. The maximum Gasteiger partial charge on any atom is 0.0818 e. The van der Waals surface area contributed by atoms with Crippen LogP contribution in [0.3, 0.4) is 0 Å². The van der Waals surface area contributed by atoms with Crippen molar-refractivity contribution in [3.05, 3.63) is 16.9 Å². The molecule has 2 N–H and O–H groups in total. The van der Waals surface area contributed by atoms with Crippen LogP contribution >= 0.6 is 11.6 Å². The number of hydrogen-bond acceptors (Lipinski definition) is 3. The minimum Gasteiger partial charge on any atom is -0.328 e. The van der Waals surface area contributed by atoms with Gasteiger partial charge in [0.25, 0.3) is 0 Å². The van der Waals surface area contributed by atoms with Crippen molar-refractivity contribution in [2.75, 3.05) is 20.6 Å². The first-order valence-corrected chi connectivity index (χ1v) is 5.49. The fourth-order valence-corrected chi connectivity index (χ4v) is 1.60. The molecule has 1 atom stereocenters. The molecule has 1 heterocycles. The second kappa shape index (κ2) is 5.49. The van der Waals surface area contributed by atoms with E-state index in [0.717, 1.165) is 25.2 Å². The zero-order valence-electron chi connectivity index (χ0n) is 9.57. The molecule has 86 valence electrons. The van der Waals surface area contributed by atoms with Gasteiger partial charge >= 0.3 is 0 Å². The average molecular weight is 231 g/mol. The number of nitrogens with two attached hydrogens (primary N) is 1. The standard InChI is InChI=1S/C10H19ClN4/c1-8(12)6-10-9(11)7-13-15(10)5-4-14(2)3/h7-8H,4-6,12H2,1-3H3. The van der Waals surface area contributed by atoms with Crippen molar-refractivity contribution < 1.29 is 0 Å². The van der Waals surface area contributed by atoms with Crippen LogP contribution < -0.4 is 5.73 Å². The SMILES string of the molecule is CC(N)Cc1c(Cl)cnn1CCN(C)C. The van der Waals surface area contributed by atoms with Gasteiger partial charge in [-0.3, -0.25) is 4.68 Å². The lowest BCUT2D eigenvalue weighted by atomic mass is 10.2. The highest BCUT2D eigenvalue weighted by Gasteiger charge is 2.10. The van der Waals surface area contributed by atoms with E-state index in [1.165, 1.54) is 0 Å². The zero-order valence-corrected chi connectivity index (χ0v) is 10.3. The Morgan fingerprint density at radius 1 is 1.60 bits per heavy atom. The highest BCUT2D eigenvalue weighted by molar-refractivity contribution is 6.31.